The van der Waals surface area contributed by atoms with Crippen molar-refractivity contribution < 1.29 is 0 Å². The van der Waals surface area contributed by atoms with E-state index < -0.39 is 0 Å². The number of halogens is 3. The van der Waals surface area contributed by atoms with Crippen LogP contribution in [0, 0.1) is 5.38 Å². The highest BCUT2D eigenvalue weighted by Crippen LogP contribution is 2.15. The number of hydrogen-bond acceptors (Lipinski definition) is 0. The van der Waals surface area contributed by atoms with Crippen molar-refractivity contribution >= 4 is 39.1 Å². The summed E-state index contributed by atoms with van der Waals surface area (Å²) in [5, 5.41) is 1.85. The van der Waals surface area contributed by atoms with Crippen molar-refractivity contribution in [1.82, 2.24) is 0 Å². The average Bonchev–Trinajstić information content (AvgIpc) is 1.83. The van der Waals surface area contributed by atoms with Gasteiger partial charge in [0, 0.05) is 11.2 Å². The van der Waals surface area contributed by atoms with Crippen molar-refractivity contribution in [1.29, 1.82) is 0 Å². The molecular formula is C5H8BrCl2. The molecule has 0 spiro atoms. The molecule has 0 amide bonds. The molecule has 0 saturated heterocycles. The van der Waals surface area contributed by atoms with E-state index in [1.807, 2.05) is 0 Å². The van der Waals surface area contributed by atoms with Gasteiger partial charge in [0.25, 0.3) is 0 Å². The first-order valence-corrected chi connectivity index (χ1v) is 4.46. The quantitative estimate of drug-likeness (QED) is 0.637. The van der Waals surface area contributed by atoms with Gasteiger partial charge >= 0.3 is 0 Å². The first-order valence-electron chi connectivity index (χ1n) is 2.43. The van der Waals surface area contributed by atoms with Crippen molar-refractivity contribution in [2.45, 2.75) is 12.8 Å². The molecular weight excluding hydrogens is 211 g/mol. The van der Waals surface area contributed by atoms with Crippen molar-refractivity contribution in [2.75, 3.05) is 11.2 Å². The highest BCUT2D eigenvalue weighted by atomic mass is 79.9. The standard InChI is InChI=1S/C5H8BrCl2/c6-3-1-2-5(8)4-7/h1-4H2. The van der Waals surface area contributed by atoms with Gasteiger partial charge in [0.2, 0.25) is 0 Å². The van der Waals surface area contributed by atoms with Crippen LogP contribution in [-0.4, -0.2) is 11.2 Å². The van der Waals surface area contributed by atoms with Gasteiger partial charge in [0.1, 0.15) is 0 Å². The molecule has 0 bridgehead atoms. The highest BCUT2D eigenvalue weighted by molar-refractivity contribution is 9.09. The van der Waals surface area contributed by atoms with E-state index in [0.717, 1.165) is 23.5 Å². The summed E-state index contributed by atoms with van der Waals surface area (Å²) < 4.78 is 0. The molecule has 0 aromatic carbocycles. The second-order valence-electron chi connectivity index (χ2n) is 1.44. The third-order valence-corrected chi connectivity index (χ3v) is 2.07. The minimum Gasteiger partial charge on any atom is -0.125 e. The lowest BCUT2D eigenvalue weighted by Gasteiger charge is -1.99. The molecule has 0 aliphatic heterocycles. The minimum atomic E-state index is 0.481. The fourth-order valence-electron chi connectivity index (χ4n) is 0.325. The van der Waals surface area contributed by atoms with Gasteiger partial charge in [0.05, 0.1) is 5.38 Å². The summed E-state index contributed by atoms with van der Waals surface area (Å²) in [6.07, 6.45) is 2.00. The number of hydrogen-bond donors (Lipinski definition) is 0. The zero-order chi connectivity index (χ0) is 6.41. The normalized spacial score (nSPS) is 10.5. The zero-order valence-corrected chi connectivity index (χ0v) is 7.56. The molecule has 0 aliphatic rings. The Labute approximate surface area is 68.7 Å². The van der Waals surface area contributed by atoms with E-state index in [9.17, 15) is 0 Å². The molecule has 0 unspecified atom stereocenters. The van der Waals surface area contributed by atoms with Gasteiger partial charge in [-0.25, -0.2) is 0 Å². The average molecular weight is 219 g/mol. The lowest BCUT2D eigenvalue weighted by molar-refractivity contribution is 0.892. The van der Waals surface area contributed by atoms with E-state index in [0.29, 0.717) is 5.88 Å². The van der Waals surface area contributed by atoms with E-state index in [1.54, 1.807) is 0 Å². The Bertz CT molecular complexity index is 49.7. The summed E-state index contributed by atoms with van der Waals surface area (Å²) in [6.45, 7) is 0. The SMILES string of the molecule is ClC[C](Cl)CCCBr. The minimum absolute atomic E-state index is 0.481. The van der Waals surface area contributed by atoms with E-state index >= 15 is 0 Å². The van der Waals surface area contributed by atoms with Crippen molar-refractivity contribution in [3.8, 4) is 0 Å². The summed E-state index contributed by atoms with van der Waals surface area (Å²) in [7, 11) is 0. The third kappa shape index (κ3) is 5.20. The van der Waals surface area contributed by atoms with Gasteiger partial charge in [-0.3, -0.25) is 0 Å². The van der Waals surface area contributed by atoms with Gasteiger partial charge < -0.3 is 0 Å². The van der Waals surface area contributed by atoms with Crippen LogP contribution in [0.1, 0.15) is 12.8 Å². The maximum absolute atomic E-state index is 5.61. The van der Waals surface area contributed by atoms with Crippen molar-refractivity contribution in [3.63, 3.8) is 0 Å². The van der Waals surface area contributed by atoms with E-state index in [4.69, 9.17) is 23.2 Å². The molecule has 0 rings (SSSR count). The van der Waals surface area contributed by atoms with Crippen LogP contribution >= 0.6 is 39.1 Å². The molecule has 1 radical (unpaired) electrons. The highest BCUT2D eigenvalue weighted by Gasteiger charge is 2.00. The second-order valence-corrected chi connectivity index (χ2v) is 3.04. The number of alkyl halides is 2. The smallest absolute Gasteiger partial charge is 0.0784 e. The molecule has 0 heterocycles. The molecule has 0 aromatic heterocycles. The Hall–Kier alpha value is 1.06. The van der Waals surface area contributed by atoms with Crippen LogP contribution in [0.5, 0.6) is 0 Å². The topological polar surface area (TPSA) is 0 Å². The Kier molecular flexibility index (Phi) is 7.00. The fraction of sp³-hybridized carbons (Fsp3) is 0.800. The molecule has 3 heteroatoms. The molecule has 0 nitrogen and oxygen atoms in total. The Morgan fingerprint density at radius 3 is 2.50 bits per heavy atom. The van der Waals surface area contributed by atoms with Crippen molar-refractivity contribution in [2.24, 2.45) is 0 Å². The lowest BCUT2D eigenvalue weighted by atomic mass is 10.3. The molecule has 0 atom stereocenters. The molecule has 8 heavy (non-hydrogen) atoms. The van der Waals surface area contributed by atoms with Gasteiger partial charge in [-0.15, -0.1) is 23.2 Å². The molecule has 0 saturated carbocycles. The maximum atomic E-state index is 5.61. The molecule has 0 aromatic rings. The van der Waals surface area contributed by atoms with Crippen LogP contribution in [0.4, 0.5) is 0 Å². The van der Waals surface area contributed by atoms with Crippen LogP contribution in [0.25, 0.3) is 0 Å². The fourth-order valence-corrected chi connectivity index (χ4v) is 0.873. The predicted molar refractivity (Wildman–Crippen MR) is 42.8 cm³/mol. The predicted octanol–water partition coefficient (Wildman–Crippen LogP) is 3.17. The maximum Gasteiger partial charge on any atom is 0.0784 e. The summed E-state index contributed by atoms with van der Waals surface area (Å²) >= 11 is 14.3. The summed E-state index contributed by atoms with van der Waals surface area (Å²) in [6, 6.07) is 0. The summed E-state index contributed by atoms with van der Waals surface area (Å²) in [4.78, 5) is 0. The largest absolute Gasteiger partial charge is 0.125 e. The van der Waals surface area contributed by atoms with Crippen molar-refractivity contribution in [3.05, 3.63) is 5.38 Å². The first kappa shape index (κ1) is 9.06. The molecule has 0 N–H and O–H groups in total. The monoisotopic (exact) mass is 217 g/mol. The van der Waals surface area contributed by atoms with Gasteiger partial charge in [0.15, 0.2) is 0 Å². The van der Waals surface area contributed by atoms with Gasteiger partial charge in [-0.2, -0.15) is 0 Å². The van der Waals surface area contributed by atoms with E-state index in [2.05, 4.69) is 15.9 Å². The van der Waals surface area contributed by atoms with E-state index in [-0.39, 0.29) is 0 Å². The summed E-state index contributed by atoms with van der Waals surface area (Å²) in [5.41, 5.74) is 0. The first-order chi connectivity index (χ1) is 3.81. The Morgan fingerprint density at radius 1 is 1.50 bits per heavy atom. The molecule has 0 fully saturated rings. The Morgan fingerprint density at radius 2 is 2.12 bits per heavy atom. The zero-order valence-electron chi connectivity index (χ0n) is 4.46. The molecule has 49 valence electrons. The third-order valence-electron chi connectivity index (χ3n) is 0.727. The second kappa shape index (κ2) is 6.18. The van der Waals surface area contributed by atoms with E-state index in [1.165, 1.54) is 0 Å². The molecule has 0 aliphatic carbocycles. The summed E-state index contributed by atoms with van der Waals surface area (Å²) in [5.74, 6) is 0.481. The van der Waals surface area contributed by atoms with Crippen LogP contribution in [0.3, 0.4) is 0 Å². The lowest BCUT2D eigenvalue weighted by Crippen LogP contribution is -1.88. The van der Waals surface area contributed by atoms with Crippen LogP contribution in [0.15, 0.2) is 0 Å². The van der Waals surface area contributed by atoms with Gasteiger partial charge in [-0.05, 0) is 12.8 Å². The number of rotatable bonds is 4. The Balaban J connectivity index is 2.86. The van der Waals surface area contributed by atoms with Gasteiger partial charge in [-0.1, -0.05) is 15.9 Å². The van der Waals surface area contributed by atoms with Crippen LogP contribution in [0.2, 0.25) is 0 Å². The van der Waals surface area contributed by atoms with Crippen LogP contribution in [-0.2, 0) is 0 Å². The van der Waals surface area contributed by atoms with Crippen LogP contribution < -0.4 is 0 Å².